The van der Waals surface area contributed by atoms with Crippen molar-refractivity contribution in [2.45, 2.75) is 63.1 Å². The van der Waals surface area contributed by atoms with Crippen LogP contribution >= 0.6 is 22.6 Å². The van der Waals surface area contributed by atoms with Crippen LogP contribution in [0.5, 0.6) is 11.5 Å². The van der Waals surface area contributed by atoms with Crippen molar-refractivity contribution in [3.05, 3.63) is 111 Å². The number of ether oxygens (including phenoxy) is 3. The molecule has 2 heterocycles. The molecule has 4 aromatic carbocycles. The number of rotatable bonds is 12. The molecule has 1 aliphatic rings. The number of carbonyl (C=O) groups excluding carboxylic acids is 1. The van der Waals surface area contributed by atoms with Crippen molar-refractivity contribution in [1.29, 1.82) is 0 Å². The first-order valence-electron chi connectivity index (χ1n) is 17.1. The van der Waals surface area contributed by atoms with E-state index in [0.717, 1.165) is 31.7 Å². The average molecular weight is 851 g/mol. The zero-order chi connectivity index (χ0) is 37.9. The summed E-state index contributed by atoms with van der Waals surface area (Å²) in [7, 11) is -0.723. The third-order valence-corrected chi connectivity index (χ3v) is 12.1. The highest BCUT2D eigenvalue weighted by atomic mass is 127. The summed E-state index contributed by atoms with van der Waals surface area (Å²) in [6, 6.07) is 27.0. The standard InChI is InChI=1S/C39H43IN6O6S/c1-26-7-9-28(10-8-26)22-46-37(41-42-43-46)36-33(25-44(29-13-17-31(51-6)18-14-29)21-27-11-15-30(50-5)16-12-27)35(20-19-34(36)40)53(48,49)32-23-45(24-32)38(47)52-39(2,3)4/h7-20,32H,21-25H2,1-6H3. The van der Waals surface area contributed by atoms with E-state index in [-0.39, 0.29) is 24.5 Å². The van der Waals surface area contributed by atoms with Gasteiger partial charge in [-0.2, -0.15) is 0 Å². The summed E-state index contributed by atoms with van der Waals surface area (Å²) in [5, 5.41) is 12.1. The minimum Gasteiger partial charge on any atom is -0.497 e. The Bertz CT molecular complexity index is 2160. The molecule has 278 valence electrons. The summed E-state index contributed by atoms with van der Waals surface area (Å²) < 4.78 is 48.2. The first-order chi connectivity index (χ1) is 25.2. The lowest BCUT2D eigenvalue weighted by molar-refractivity contribution is 0.0139. The smallest absolute Gasteiger partial charge is 0.410 e. The Morgan fingerprint density at radius 2 is 1.47 bits per heavy atom. The van der Waals surface area contributed by atoms with Crippen LogP contribution in [0, 0.1) is 10.5 Å². The number of carbonyl (C=O) groups is 1. The largest absolute Gasteiger partial charge is 0.497 e. The number of hydrogen-bond donors (Lipinski definition) is 0. The fourth-order valence-electron chi connectivity index (χ4n) is 6.09. The van der Waals surface area contributed by atoms with Gasteiger partial charge in [0.05, 0.1) is 25.7 Å². The number of aromatic nitrogens is 4. The minimum atomic E-state index is -3.96. The number of aryl methyl sites for hydroxylation is 1. The molecule has 53 heavy (non-hydrogen) atoms. The predicted molar refractivity (Wildman–Crippen MR) is 211 cm³/mol. The van der Waals surface area contributed by atoms with Gasteiger partial charge in [0, 0.05) is 46.6 Å². The van der Waals surface area contributed by atoms with E-state index >= 15 is 0 Å². The lowest BCUT2D eigenvalue weighted by Gasteiger charge is -2.39. The number of benzene rings is 4. The van der Waals surface area contributed by atoms with E-state index in [0.29, 0.717) is 35.8 Å². The molecule has 1 saturated heterocycles. The van der Waals surface area contributed by atoms with Crippen LogP contribution in [0.15, 0.2) is 89.8 Å². The van der Waals surface area contributed by atoms with E-state index in [4.69, 9.17) is 14.2 Å². The quantitative estimate of drug-likeness (QED) is 0.122. The van der Waals surface area contributed by atoms with Crippen molar-refractivity contribution in [2.24, 2.45) is 0 Å². The van der Waals surface area contributed by atoms with E-state index in [1.54, 1.807) is 51.8 Å². The van der Waals surface area contributed by atoms with Gasteiger partial charge in [-0.3, -0.25) is 0 Å². The molecule has 0 bridgehead atoms. The summed E-state index contributed by atoms with van der Waals surface area (Å²) in [6.07, 6.45) is -0.534. The number of nitrogens with zero attached hydrogens (tertiary/aromatic N) is 6. The molecule has 5 aromatic rings. The molecule has 14 heteroatoms. The maximum absolute atomic E-state index is 14.7. The fourth-order valence-corrected chi connectivity index (χ4v) is 8.71. The van der Waals surface area contributed by atoms with E-state index in [9.17, 15) is 13.2 Å². The number of amides is 1. The van der Waals surface area contributed by atoms with Crippen molar-refractivity contribution < 1.29 is 27.4 Å². The van der Waals surface area contributed by atoms with Crippen LogP contribution in [0.4, 0.5) is 10.5 Å². The molecule has 0 N–H and O–H groups in total. The number of sulfone groups is 1. The summed E-state index contributed by atoms with van der Waals surface area (Å²) in [4.78, 5) is 16.5. The normalized spacial score (nSPS) is 13.4. The number of likely N-dealkylation sites (tertiary alicyclic amines) is 1. The molecule has 1 aliphatic heterocycles. The van der Waals surface area contributed by atoms with Gasteiger partial charge < -0.3 is 24.0 Å². The van der Waals surface area contributed by atoms with Gasteiger partial charge in [-0.25, -0.2) is 17.9 Å². The molecular formula is C39H43IN6O6S. The van der Waals surface area contributed by atoms with Gasteiger partial charge in [-0.15, -0.1) is 5.10 Å². The molecule has 6 rings (SSSR count). The van der Waals surface area contributed by atoms with Crippen molar-refractivity contribution in [1.82, 2.24) is 25.1 Å². The van der Waals surface area contributed by atoms with E-state index in [2.05, 4.69) is 43.0 Å². The highest BCUT2D eigenvalue weighted by Gasteiger charge is 2.43. The number of halogens is 1. The van der Waals surface area contributed by atoms with Crippen molar-refractivity contribution in [3.63, 3.8) is 0 Å². The minimum absolute atomic E-state index is 0.0250. The molecule has 0 radical (unpaired) electrons. The molecular weight excluding hydrogens is 807 g/mol. The maximum Gasteiger partial charge on any atom is 0.410 e. The van der Waals surface area contributed by atoms with Crippen LogP contribution in [0.2, 0.25) is 0 Å². The van der Waals surface area contributed by atoms with Gasteiger partial charge in [0.15, 0.2) is 15.7 Å². The molecule has 0 saturated carbocycles. The number of tetrazole rings is 1. The van der Waals surface area contributed by atoms with Crippen molar-refractivity contribution in [2.75, 3.05) is 32.2 Å². The summed E-state index contributed by atoms with van der Waals surface area (Å²) >= 11 is 2.23. The first-order valence-corrected chi connectivity index (χ1v) is 19.8. The Hall–Kier alpha value is -4.70. The van der Waals surface area contributed by atoms with Gasteiger partial charge in [-0.05, 0) is 120 Å². The van der Waals surface area contributed by atoms with Crippen LogP contribution in [-0.2, 0) is 34.2 Å². The lowest BCUT2D eigenvalue weighted by Crippen LogP contribution is -2.57. The van der Waals surface area contributed by atoms with Gasteiger partial charge in [0.1, 0.15) is 22.4 Å². The Morgan fingerprint density at radius 3 is 2.08 bits per heavy atom. The van der Waals surface area contributed by atoms with Crippen LogP contribution < -0.4 is 14.4 Å². The van der Waals surface area contributed by atoms with E-state index in [1.165, 1.54) is 4.90 Å². The number of anilines is 1. The first kappa shape index (κ1) is 38.0. The SMILES string of the molecule is COc1ccc(CN(Cc2c(S(=O)(=O)C3CN(C(=O)OC(C)(C)C)C3)ccc(I)c2-c2nnnn2Cc2ccc(C)cc2)c2ccc(OC)cc2)cc1. The van der Waals surface area contributed by atoms with Crippen LogP contribution in [-0.4, -0.2) is 77.8 Å². The van der Waals surface area contributed by atoms with Gasteiger partial charge in [0.25, 0.3) is 0 Å². The van der Waals surface area contributed by atoms with Gasteiger partial charge in [0.2, 0.25) is 0 Å². The Kier molecular flexibility index (Phi) is 11.3. The highest BCUT2D eigenvalue weighted by molar-refractivity contribution is 14.1. The summed E-state index contributed by atoms with van der Waals surface area (Å²) in [5.74, 6) is 1.88. The molecule has 0 unspecified atom stereocenters. The second kappa shape index (κ2) is 15.7. The van der Waals surface area contributed by atoms with Crippen LogP contribution in [0.25, 0.3) is 11.4 Å². The summed E-state index contributed by atoms with van der Waals surface area (Å²) in [6.45, 7) is 8.46. The average Bonchev–Trinajstić information content (AvgIpc) is 3.55. The Balaban J connectivity index is 1.46. The fraction of sp³-hybridized carbons (Fsp3) is 0.333. The maximum atomic E-state index is 14.7. The Morgan fingerprint density at radius 1 is 0.868 bits per heavy atom. The molecule has 1 aromatic heterocycles. The third-order valence-electron chi connectivity index (χ3n) is 8.99. The zero-order valence-corrected chi connectivity index (χ0v) is 33.6. The molecule has 0 aliphatic carbocycles. The predicted octanol–water partition coefficient (Wildman–Crippen LogP) is 6.92. The van der Waals surface area contributed by atoms with Gasteiger partial charge >= 0.3 is 6.09 Å². The van der Waals surface area contributed by atoms with E-state index in [1.807, 2.05) is 79.7 Å². The third kappa shape index (κ3) is 8.75. The van der Waals surface area contributed by atoms with Crippen LogP contribution in [0.1, 0.15) is 43.0 Å². The molecule has 1 fully saturated rings. The second-order valence-corrected chi connectivity index (χ2v) is 17.4. The molecule has 0 atom stereocenters. The van der Waals surface area contributed by atoms with Crippen molar-refractivity contribution >= 4 is 44.2 Å². The molecule has 12 nitrogen and oxygen atoms in total. The Labute approximate surface area is 324 Å². The molecule has 1 amide bonds. The lowest BCUT2D eigenvalue weighted by atomic mass is 10.0. The molecule has 0 spiro atoms. The van der Waals surface area contributed by atoms with Gasteiger partial charge in [-0.1, -0.05) is 42.0 Å². The summed E-state index contributed by atoms with van der Waals surface area (Å²) in [5.41, 5.74) is 4.47. The topological polar surface area (TPSA) is 129 Å². The zero-order valence-electron chi connectivity index (χ0n) is 30.6. The monoisotopic (exact) mass is 850 g/mol. The highest BCUT2D eigenvalue weighted by Crippen LogP contribution is 2.38. The van der Waals surface area contributed by atoms with Crippen LogP contribution in [0.3, 0.4) is 0 Å². The van der Waals surface area contributed by atoms with Crippen molar-refractivity contribution in [3.8, 4) is 22.9 Å². The number of methoxy groups -OCH3 is 2. The van der Waals surface area contributed by atoms with E-state index < -0.39 is 26.8 Å². The number of hydrogen-bond acceptors (Lipinski definition) is 10. The second-order valence-electron chi connectivity index (χ2n) is 14.0.